The summed E-state index contributed by atoms with van der Waals surface area (Å²) in [7, 11) is 1.54. The van der Waals surface area contributed by atoms with Gasteiger partial charge in [-0.15, -0.1) is 0 Å². The van der Waals surface area contributed by atoms with Gasteiger partial charge in [-0.05, 0) is 24.5 Å². The number of rotatable bonds is 4. The van der Waals surface area contributed by atoms with Crippen LogP contribution >= 0.6 is 11.6 Å². The molecule has 116 valence electrons. The molecule has 0 spiro atoms. The Bertz CT molecular complexity index is 485. The first-order valence-electron chi connectivity index (χ1n) is 7.44. The molecule has 1 aromatic heterocycles. The van der Waals surface area contributed by atoms with Crippen LogP contribution in [0, 0.1) is 0 Å². The molecule has 3 N–H and O–H groups in total. The summed E-state index contributed by atoms with van der Waals surface area (Å²) in [6.45, 7) is 0.461. The molecule has 21 heavy (non-hydrogen) atoms. The molecular formula is C15H23ClN4O. The largest absolute Gasteiger partial charge is 0.480 e. The van der Waals surface area contributed by atoms with Gasteiger partial charge in [-0.2, -0.15) is 0 Å². The fourth-order valence-corrected chi connectivity index (χ4v) is 2.82. The number of aliphatic imine (C=N–C) groups is 1. The molecule has 0 unspecified atom stereocenters. The Kier molecular flexibility index (Phi) is 6.11. The molecule has 1 fully saturated rings. The van der Waals surface area contributed by atoms with Crippen molar-refractivity contribution in [2.24, 2.45) is 10.7 Å². The first kappa shape index (κ1) is 15.9. The van der Waals surface area contributed by atoms with E-state index < -0.39 is 0 Å². The molecule has 0 atom stereocenters. The number of methoxy groups -OCH3 is 1. The second-order valence-electron chi connectivity index (χ2n) is 5.37. The Hall–Kier alpha value is -1.49. The molecular weight excluding hydrogens is 288 g/mol. The molecule has 0 radical (unpaired) electrons. The van der Waals surface area contributed by atoms with Crippen molar-refractivity contribution in [1.29, 1.82) is 0 Å². The standard InChI is InChI=1S/C15H23ClN4O/c1-21-14-13(16)8-11(9-18-14)10-19-15(17)20-12-6-4-2-3-5-7-12/h8-9,12H,2-7,10H2,1H3,(H3,17,19,20). The van der Waals surface area contributed by atoms with E-state index in [4.69, 9.17) is 22.1 Å². The first-order valence-corrected chi connectivity index (χ1v) is 7.81. The third-order valence-electron chi connectivity index (χ3n) is 3.70. The molecule has 2 rings (SSSR count). The van der Waals surface area contributed by atoms with Crippen molar-refractivity contribution in [3.8, 4) is 5.88 Å². The predicted octanol–water partition coefficient (Wildman–Crippen LogP) is 2.87. The Morgan fingerprint density at radius 3 is 2.76 bits per heavy atom. The van der Waals surface area contributed by atoms with E-state index >= 15 is 0 Å². The third kappa shape index (κ3) is 5.08. The zero-order valence-electron chi connectivity index (χ0n) is 12.4. The average Bonchev–Trinajstić information content (AvgIpc) is 2.74. The van der Waals surface area contributed by atoms with Gasteiger partial charge in [0.15, 0.2) is 5.96 Å². The Labute approximate surface area is 130 Å². The quantitative estimate of drug-likeness (QED) is 0.509. The smallest absolute Gasteiger partial charge is 0.232 e. The summed E-state index contributed by atoms with van der Waals surface area (Å²) >= 11 is 6.04. The monoisotopic (exact) mass is 310 g/mol. The number of pyridine rings is 1. The number of aromatic nitrogens is 1. The maximum atomic E-state index is 6.04. The predicted molar refractivity (Wildman–Crippen MR) is 85.8 cm³/mol. The highest BCUT2D eigenvalue weighted by molar-refractivity contribution is 6.31. The highest BCUT2D eigenvalue weighted by Crippen LogP contribution is 2.22. The second-order valence-corrected chi connectivity index (χ2v) is 5.78. The molecule has 1 heterocycles. The molecule has 0 aliphatic heterocycles. The summed E-state index contributed by atoms with van der Waals surface area (Å²) in [4.78, 5) is 8.48. The van der Waals surface area contributed by atoms with Gasteiger partial charge in [0.1, 0.15) is 5.02 Å². The highest BCUT2D eigenvalue weighted by atomic mass is 35.5. The number of nitrogens with one attached hydrogen (secondary N) is 1. The summed E-state index contributed by atoms with van der Waals surface area (Å²) < 4.78 is 5.02. The normalized spacial score (nSPS) is 17.3. The van der Waals surface area contributed by atoms with E-state index in [2.05, 4.69) is 15.3 Å². The molecule has 0 aromatic carbocycles. The molecule has 1 aliphatic rings. The van der Waals surface area contributed by atoms with Gasteiger partial charge in [0, 0.05) is 12.2 Å². The molecule has 0 amide bonds. The van der Waals surface area contributed by atoms with E-state index in [1.165, 1.54) is 38.5 Å². The zero-order chi connectivity index (χ0) is 15.1. The molecule has 0 saturated heterocycles. The fraction of sp³-hybridized carbons (Fsp3) is 0.600. The number of hydrogen-bond acceptors (Lipinski definition) is 3. The number of ether oxygens (including phenoxy) is 1. The first-order chi connectivity index (χ1) is 10.2. The molecule has 1 aliphatic carbocycles. The van der Waals surface area contributed by atoms with Crippen LogP contribution in [0.4, 0.5) is 0 Å². The minimum absolute atomic E-state index is 0.425. The van der Waals surface area contributed by atoms with E-state index in [1.54, 1.807) is 19.4 Å². The van der Waals surface area contributed by atoms with Crippen LogP contribution in [0.3, 0.4) is 0 Å². The van der Waals surface area contributed by atoms with E-state index in [9.17, 15) is 0 Å². The van der Waals surface area contributed by atoms with Crippen molar-refractivity contribution in [2.45, 2.75) is 51.1 Å². The van der Waals surface area contributed by atoms with Crippen LogP contribution in [0.25, 0.3) is 0 Å². The van der Waals surface area contributed by atoms with Crippen LogP contribution in [0.15, 0.2) is 17.3 Å². The summed E-state index contributed by atoms with van der Waals surface area (Å²) in [5.41, 5.74) is 6.87. The minimum Gasteiger partial charge on any atom is -0.480 e. The number of nitrogens with zero attached hydrogens (tertiary/aromatic N) is 2. The van der Waals surface area contributed by atoms with Crippen molar-refractivity contribution in [1.82, 2.24) is 10.3 Å². The number of hydrogen-bond donors (Lipinski definition) is 2. The van der Waals surface area contributed by atoms with Crippen molar-refractivity contribution in [2.75, 3.05) is 7.11 Å². The lowest BCUT2D eigenvalue weighted by atomic mass is 10.1. The van der Waals surface area contributed by atoms with Crippen LogP contribution in [-0.4, -0.2) is 24.1 Å². The van der Waals surface area contributed by atoms with E-state index in [0.29, 0.717) is 29.4 Å². The van der Waals surface area contributed by atoms with Crippen LogP contribution in [0.2, 0.25) is 5.02 Å². The van der Waals surface area contributed by atoms with Gasteiger partial charge in [-0.3, -0.25) is 0 Å². The van der Waals surface area contributed by atoms with Crippen LogP contribution in [-0.2, 0) is 6.54 Å². The lowest BCUT2D eigenvalue weighted by Crippen LogP contribution is -2.39. The van der Waals surface area contributed by atoms with E-state index in [0.717, 1.165) is 5.56 Å². The number of halogens is 1. The lowest BCUT2D eigenvalue weighted by Gasteiger charge is -2.16. The maximum Gasteiger partial charge on any atom is 0.232 e. The van der Waals surface area contributed by atoms with Crippen LogP contribution in [0.1, 0.15) is 44.1 Å². The van der Waals surface area contributed by atoms with Gasteiger partial charge in [-0.1, -0.05) is 37.3 Å². The Morgan fingerprint density at radius 2 is 2.14 bits per heavy atom. The van der Waals surface area contributed by atoms with Gasteiger partial charge >= 0.3 is 0 Å². The molecule has 5 nitrogen and oxygen atoms in total. The minimum atomic E-state index is 0.425. The summed E-state index contributed by atoms with van der Waals surface area (Å²) in [6, 6.07) is 2.25. The maximum absolute atomic E-state index is 6.04. The van der Waals surface area contributed by atoms with Gasteiger partial charge in [0.2, 0.25) is 5.88 Å². The van der Waals surface area contributed by atoms with Gasteiger partial charge in [0.25, 0.3) is 0 Å². The van der Waals surface area contributed by atoms with Crippen LogP contribution < -0.4 is 15.8 Å². The van der Waals surface area contributed by atoms with Gasteiger partial charge in [0.05, 0.1) is 13.7 Å². The lowest BCUT2D eigenvalue weighted by molar-refractivity contribution is 0.398. The van der Waals surface area contributed by atoms with Gasteiger partial charge < -0.3 is 15.8 Å². The van der Waals surface area contributed by atoms with E-state index in [1.807, 2.05) is 0 Å². The molecule has 0 bridgehead atoms. The average molecular weight is 311 g/mol. The summed E-state index contributed by atoms with van der Waals surface area (Å²) in [6.07, 6.45) is 9.23. The summed E-state index contributed by atoms with van der Waals surface area (Å²) in [5, 5.41) is 3.80. The topological polar surface area (TPSA) is 72.5 Å². The number of nitrogens with two attached hydrogens (primary N) is 1. The molecule has 6 heteroatoms. The Morgan fingerprint density at radius 1 is 1.43 bits per heavy atom. The Balaban J connectivity index is 1.88. The zero-order valence-corrected chi connectivity index (χ0v) is 13.2. The van der Waals surface area contributed by atoms with Crippen LogP contribution in [0.5, 0.6) is 5.88 Å². The second kappa shape index (κ2) is 8.08. The highest BCUT2D eigenvalue weighted by Gasteiger charge is 2.12. The van der Waals surface area contributed by atoms with Gasteiger partial charge in [-0.25, -0.2) is 9.98 Å². The van der Waals surface area contributed by atoms with Crippen molar-refractivity contribution in [3.05, 3.63) is 22.8 Å². The van der Waals surface area contributed by atoms with Crippen molar-refractivity contribution >= 4 is 17.6 Å². The SMILES string of the molecule is COc1ncc(CN=C(N)NC2CCCCCC2)cc1Cl. The fourth-order valence-electron chi connectivity index (χ4n) is 2.56. The third-order valence-corrected chi connectivity index (χ3v) is 3.97. The molecule has 1 saturated carbocycles. The van der Waals surface area contributed by atoms with Crippen molar-refractivity contribution < 1.29 is 4.74 Å². The summed E-state index contributed by atoms with van der Waals surface area (Å²) in [5.74, 6) is 0.919. The molecule has 1 aromatic rings. The number of guanidine groups is 1. The van der Waals surface area contributed by atoms with E-state index in [-0.39, 0.29) is 0 Å². The van der Waals surface area contributed by atoms with Crippen molar-refractivity contribution in [3.63, 3.8) is 0 Å².